The molecule has 2 aromatic rings. The maximum Gasteiger partial charge on any atom is 0.122 e. The molecular weight excluding hydrogens is 373 g/mol. The van der Waals surface area contributed by atoms with Gasteiger partial charge in [-0.2, -0.15) is 0 Å². The maximum absolute atomic E-state index is 5.72. The Hall–Kier alpha value is -1.07. The zero-order valence-electron chi connectivity index (χ0n) is 12.2. The van der Waals surface area contributed by atoms with Crippen LogP contribution in [0, 0.1) is 3.57 Å². The third-order valence-electron chi connectivity index (χ3n) is 3.88. The second kappa shape index (κ2) is 6.79. The number of halogens is 1. The summed E-state index contributed by atoms with van der Waals surface area (Å²) in [7, 11) is 0. The highest BCUT2D eigenvalue weighted by atomic mass is 127. The molecule has 0 fully saturated rings. The monoisotopic (exact) mass is 393 g/mol. The van der Waals surface area contributed by atoms with E-state index in [0.717, 1.165) is 31.7 Å². The SMILES string of the molecule is CCNC(c1ccc(I)cc1)c1ccc2c(c1)CCCO2. The van der Waals surface area contributed by atoms with Crippen LogP contribution < -0.4 is 10.1 Å². The zero-order chi connectivity index (χ0) is 14.7. The second-order valence-corrected chi connectivity index (χ2v) is 6.61. The van der Waals surface area contributed by atoms with E-state index in [4.69, 9.17) is 4.74 Å². The molecule has 3 heteroatoms. The fourth-order valence-electron chi connectivity index (χ4n) is 2.85. The minimum Gasteiger partial charge on any atom is -0.493 e. The van der Waals surface area contributed by atoms with Crippen LogP contribution in [0.3, 0.4) is 0 Å². The average molecular weight is 393 g/mol. The van der Waals surface area contributed by atoms with Gasteiger partial charge in [-0.15, -0.1) is 0 Å². The Morgan fingerprint density at radius 2 is 1.90 bits per heavy atom. The number of nitrogens with one attached hydrogen (secondary N) is 1. The maximum atomic E-state index is 5.72. The van der Waals surface area contributed by atoms with Crippen molar-refractivity contribution in [2.24, 2.45) is 0 Å². The summed E-state index contributed by atoms with van der Waals surface area (Å²) in [4.78, 5) is 0. The third-order valence-corrected chi connectivity index (χ3v) is 4.60. The van der Waals surface area contributed by atoms with Crippen molar-refractivity contribution in [1.29, 1.82) is 0 Å². The Morgan fingerprint density at radius 1 is 1.14 bits per heavy atom. The molecule has 0 aromatic heterocycles. The standard InChI is InChI=1S/C18H20INO/c1-2-20-18(13-5-8-16(19)9-6-13)15-7-10-17-14(12-15)4-3-11-21-17/h5-10,12,18,20H,2-4,11H2,1H3. The fourth-order valence-corrected chi connectivity index (χ4v) is 3.21. The van der Waals surface area contributed by atoms with Crippen molar-refractivity contribution in [3.63, 3.8) is 0 Å². The third kappa shape index (κ3) is 3.40. The highest BCUT2D eigenvalue weighted by Gasteiger charge is 2.17. The van der Waals surface area contributed by atoms with Gasteiger partial charge < -0.3 is 10.1 Å². The molecule has 1 unspecified atom stereocenters. The van der Waals surface area contributed by atoms with Gasteiger partial charge in [0.25, 0.3) is 0 Å². The Morgan fingerprint density at radius 3 is 2.67 bits per heavy atom. The van der Waals surface area contributed by atoms with Gasteiger partial charge >= 0.3 is 0 Å². The first-order valence-corrected chi connectivity index (χ1v) is 8.60. The van der Waals surface area contributed by atoms with Crippen LogP contribution in [0.5, 0.6) is 5.75 Å². The molecule has 3 rings (SSSR count). The van der Waals surface area contributed by atoms with E-state index >= 15 is 0 Å². The Bertz CT molecular complexity index is 609. The van der Waals surface area contributed by atoms with Gasteiger partial charge in [0, 0.05) is 3.57 Å². The van der Waals surface area contributed by atoms with Crippen LogP contribution in [0.1, 0.15) is 36.1 Å². The largest absolute Gasteiger partial charge is 0.493 e. The fraction of sp³-hybridized carbons (Fsp3) is 0.333. The van der Waals surface area contributed by atoms with Crippen LogP contribution >= 0.6 is 22.6 Å². The first kappa shape index (κ1) is 14.9. The first-order valence-electron chi connectivity index (χ1n) is 7.52. The molecule has 0 radical (unpaired) electrons. The van der Waals surface area contributed by atoms with E-state index in [9.17, 15) is 0 Å². The molecule has 0 aliphatic carbocycles. The second-order valence-electron chi connectivity index (χ2n) is 5.36. The lowest BCUT2D eigenvalue weighted by atomic mass is 9.95. The van der Waals surface area contributed by atoms with E-state index < -0.39 is 0 Å². The molecule has 1 atom stereocenters. The molecule has 1 N–H and O–H groups in total. The lowest BCUT2D eigenvalue weighted by Crippen LogP contribution is -2.22. The van der Waals surface area contributed by atoms with Gasteiger partial charge in [0.2, 0.25) is 0 Å². The molecule has 1 aliphatic heterocycles. The van der Waals surface area contributed by atoms with E-state index in [1.165, 1.54) is 20.3 Å². The van der Waals surface area contributed by atoms with E-state index in [2.05, 4.69) is 77.3 Å². The van der Waals surface area contributed by atoms with Crippen LogP contribution in [0.4, 0.5) is 0 Å². The summed E-state index contributed by atoms with van der Waals surface area (Å²) in [6, 6.07) is 15.6. The van der Waals surface area contributed by atoms with Crippen LogP contribution in [0.25, 0.3) is 0 Å². The van der Waals surface area contributed by atoms with Crippen molar-refractivity contribution in [3.05, 3.63) is 62.7 Å². The van der Waals surface area contributed by atoms with Crippen molar-refractivity contribution in [2.45, 2.75) is 25.8 Å². The van der Waals surface area contributed by atoms with E-state index in [-0.39, 0.29) is 6.04 Å². The minimum atomic E-state index is 0.249. The van der Waals surface area contributed by atoms with Crippen LogP contribution in [-0.2, 0) is 6.42 Å². The smallest absolute Gasteiger partial charge is 0.122 e. The molecule has 21 heavy (non-hydrogen) atoms. The normalized spacial score (nSPS) is 15.1. The predicted molar refractivity (Wildman–Crippen MR) is 94.9 cm³/mol. The number of rotatable bonds is 4. The first-order chi connectivity index (χ1) is 10.3. The van der Waals surface area contributed by atoms with Crippen LogP contribution in [-0.4, -0.2) is 13.2 Å². The Balaban J connectivity index is 1.95. The number of fused-ring (bicyclic) bond motifs is 1. The molecular formula is C18H20INO. The van der Waals surface area contributed by atoms with Gasteiger partial charge in [-0.25, -0.2) is 0 Å². The minimum absolute atomic E-state index is 0.249. The van der Waals surface area contributed by atoms with E-state index in [1.807, 2.05) is 0 Å². The predicted octanol–water partition coefficient (Wildman–Crippen LogP) is 4.32. The van der Waals surface area contributed by atoms with Gasteiger partial charge in [0.1, 0.15) is 5.75 Å². The highest BCUT2D eigenvalue weighted by Crippen LogP contribution is 2.30. The van der Waals surface area contributed by atoms with Gasteiger partial charge in [-0.1, -0.05) is 31.2 Å². The van der Waals surface area contributed by atoms with Gasteiger partial charge in [-0.05, 0) is 76.9 Å². The van der Waals surface area contributed by atoms with Gasteiger partial charge in [0.15, 0.2) is 0 Å². The lowest BCUT2D eigenvalue weighted by molar-refractivity contribution is 0.288. The average Bonchev–Trinajstić information content (AvgIpc) is 2.53. The molecule has 1 heterocycles. The van der Waals surface area contributed by atoms with Crippen molar-refractivity contribution in [3.8, 4) is 5.75 Å². The lowest BCUT2D eigenvalue weighted by Gasteiger charge is -2.23. The van der Waals surface area contributed by atoms with E-state index in [0.29, 0.717) is 0 Å². The summed E-state index contributed by atoms with van der Waals surface area (Å²) in [6.07, 6.45) is 2.24. The number of aryl methyl sites for hydroxylation is 1. The van der Waals surface area contributed by atoms with Crippen LogP contribution in [0.2, 0.25) is 0 Å². The van der Waals surface area contributed by atoms with Crippen LogP contribution in [0.15, 0.2) is 42.5 Å². The summed E-state index contributed by atoms with van der Waals surface area (Å²) < 4.78 is 6.99. The number of hydrogen-bond donors (Lipinski definition) is 1. The van der Waals surface area contributed by atoms with Gasteiger partial charge in [0.05, 0.1) is 12.6 Å². The Kier molecular flexibility index (Phi) is 4.80. The number of hydrogen-bond acceptors (Lipinski definition) is 2. The Labute approximate surface area is 140 Å². The van der Waals surface area contributed by atoms with E-state index in [1.54, 1.807) is 0 Å². The molecule has 0 amide bonds. The molecule has 110 valence electrons. The summed E-state index contributed by atoms with van der Waals surface area (Å²) in [5, 5.41) is 3.60. The zero-order valence-corrected chi connectivity index (χ0v) is 14.4. The number of benzene rings is 2. The topological polar surface area (TPSA) is 21.3 Å². The quantitative estimate of drug-likeness (QED) is 0.782. The van der Waals surface area contributed by atoms with Crippen molar-refractivity contribution in [2.75, 3.05) is 13.2 Å². The van der Waals surface area contributed by atoms with Crippen molar-refractivity contribution >= 4 is 22.6 Å². The molecule has 1 aliphatic rings. The molecule has 0 saturated heterocycles. The van der Waals surface area contributed by atoms with Gasteiger partial charge in [-0.3, -0.25) is 0 Å². The summed E-state index contributed by atoms with van der Waals surface area (Å²) in [5.74, 6) is 1.06. The summed E-state index contributed by atoms with van der Waals surface area (Å²) in [5.41, 5.74) is 3.98. The summed E-state index contributed by atoms with van der Waals surface area (Å²) in [6.45, 7) is 3.95. The molecule has 2 aromatic carbocycles. The molecule has 0 bridgehead atoms. The summed E-state index contributed by atoms with van der Waals surface area (Å²) >= 11 is 2.35. The highest BCUT2D eigenvalue weighted by molar-refractivity contribution is 14.1. The van der Waals surface area contributed by atoms with Crippen molar-refractivity contribution in [1.82, 2.24) is 5.32 Å². The molecule has 0 spiro atoms. The molecule has 0 saturated carbocycles. The number of ether oxygens (including phenoxy) is 1. The molecule has 2 nitrogen and oxygen atoms in total. The van der Waals surface area contributed by atoms with Crippen molar-refractivity contribution < 1.29 is 4.74 Å².